The van der Waals surface area contributed by atoms with Gasteiger partial charge in [-0.05, 0) is 18.4 Å². The van der Waals surface area contributed by atoms with Gasteiger partial charge in [0, 0.05) is 6.04 Å². The Labute approximate surface area is 61.7 Å². The molecule has 0 aromatic heterocycles. The summed E-state index contributed by atoms with van der Waals surface area (Å²) in [6.07, 6.45) is 9.11. The van der Waals surface area contributed by atoms with Crippen LogP contribution < -0.4 is 5.73 Å². The monoisotopic (exact) mass is 143 g/mol. The van der Waals surface area contributed by atoms with Gasteiger partial charge in [-0.2, -0.15) is 0 Å². The van der Waals surface area contributed by atoms with E-state index in [-0.39, 0.29) is 18.4 Å². The lowest BCUT2D eigenvalue weighted by molar-refractivity contribution is 0.777. The van der Waals surface area contributed by atoms with Crippen molar-refractivity contribution >= 4 is 12.4 Å². The topological polar surface area (TPSA) is 26.0 Å². The molecule has 0 aromatic rings. The van der Waals surface area contributed by atoms with Crippen LogP contribution >= 0.6 is 12.4 Å². The van der Waals surface area contributed by atoms with Crippen molar-refractivity contribution in [2.24, 2.45) is 5.73 Å². The fraction of sp³-hybridized carbons (Fsp3) is 0.429. The van der Waals surface area contributed by atoms with Crippen LogP contribution in [-0.4, -0.2) is 6.04 Å². The van der Waals surface area contributed by atoms with Crippen LogP contribution in [0, 0.1) is 12.3 Å². The molecule has 0 saturated carbocycles. The molecule has 0 heterocycles. The molecular formula is C7H10ClN. The number of rotatable bonds is 0. The Morgan fingerprint density at radius 3 is 2.67 bits per heavy atom. The number of halogens is 1. The molecule has 1 unspecified atom stereocenters. The van der Waals surface area contributed by atoms with E-state index in [1.807, 2.05) is 6.08 Å². The fourth-order valence-electron chi connectivity index (χ4n) is 0.868. The molecule has 0 fully saturated rings. The van der Waals surface area contributed by atoms with Gasteiger partial charge in [0.2, 0.25) is 0 Å². The maximum atomic E-state index is 5.53. The van der Waals surface area contributed by atoms with Crippen molar-refractivity contribution < 1.29 is 0 Å². The van der Waals surface area contributed by atoms with Gasteiger partial charge in [0.25, 0.3) is 0 Å². The molecule has 0 saturated heterocycles. The molecule has 1 rings (SSSR count). The van der Waals surface area contributed by atoms with Gasteiger partial charge in [-0.15, -0.1) is 18.8 Å². The van der Waals surface area contributed by atoms with E-state index in [1.54, 1.807) is 0 Å². The van der Waals surface area contributed by atoms with Crippen molar-refractivity contribution in [1.82, 2.24) is 0 Å². The highest BCUT2D eigenvalue weighted by Gasteiger charge is 2.08. The second-order valence-electron chi connectivity index (χ2n) is 2.04. The average Bonchev–Trinajstić information content (AvgIpc) is 2.14. The van der Waals surface area contributed by atoms with Crippen molar-refractivity contribution in [2.75, 3.05) is 0 Å². The third-order valence-corrected chi connectivity index (χ3v) is 1.35. The Balaban J connectivity index is 0.000000640. The van der Waals surface area contributed by atoms with E-state index >= 15 is 0 Å². The smallest absolute Gasteiger partial charge is 0.0239 e. The van der Waals surface area contributed by atoms with E-state index in [9.17, 15) is 0 Å². The van der Waals surface area contributed by atoms with Crippen LogP contribution in [0.15, 0.2) is 11.6 Å². The first-order valence-corrected chi connectivity index (χ1v) is 2.76. The minimum atomic E-state index is 0. The van der Waals surface area contributed by atoms with Gasteiger partial charge in [0.05, 0.1) is 0 Å². The maximum absolute atomic E-state index is 5.53. The lowest BCUT2D eigenvalue weighted by atomic mass is 10.2. The first-order chi connectivity index (χ1) is 3.83. The summed E-state index contributed by atoms with van der Waals surface area (Å²) >= 11 is 0. The quantitative estimate of drug-likeness (QED) is 0.505. The summed E-state index contributed by atoms with van der Waals surface area (Å²) in [5.41, 5.74) is 6.60. The minimum Gasteiger partial charge on any atom is -0.324 e. The number of allylic oxidation sites excluding steroid dienone is 1. The van der Waals surface area contributed by atoms with Crippen LogP contribution in [-0.2, 0) is 0 Å². The van der Waals surface area contributed by atoms with Crippen molar-refractivity contribution in [3.8, 4) is 12.3 Å². The third kappa shape index (κ3) is 2.09. The second-order valence-corrected chi connectivity index (χ2v) is 2.04. The third-order valence-electron chi connectivity index (χ3n) is 1.35. The SMILES string of the molecule is C#CC1=CC(N)CC1.Cl. The molecule has 0 bridgehead atoms. The highest BCUT2D eigenvalue weighted by Crippen LogP contribution is 2.14. The van der Waals surface area contributed by atoms with E-state index in [0.29, 0.717) is 0 Å². The molecule has 0 amide bonds. The van der Waals surface area contributed by atoms with Crippen LogP contribution in [0.3, 0.4) is 0 Å². The maximum Gasteiger partial charge on any atom is 0.0239 e. The van der Waals surface area contributed by atoms with Crippen molar-refractivity contribution in [2.45, 2.75) is 18.9 Å². The van der Waals surface area contributed by atoms with Gasteiger partial charge in [-0.25, -0.2) is 0 Å². The molecular weight excluding hydrogens is 134 g/mol. The molecule has 2 heteroatoms. The molecule has 0 spiro atoms. The lowest BCUT2D eigenvalue weighted by Crippen LogP contribution is -2.11. The van der Waals surface area contributed by atoms with Gasteiger partial charge in [-0.1, -0.05) is 12.0 Å². The highest BCUT2D eigenvalue weighted by atomic mass is 35.5. The standard InChI is InChI=1S/C7H9N.ClH/c1-2-6-3-4-7(8)5-6;/h1,5,7H,3-4,8H2;1H. The average molecular weight is 144 g/mol. The minimum absolute atomic E-state index is 0. The Kier molecular flexibility index (Phi) is 3.37. The molecule has 1 atom stereocenters. The zero-order valence-corrected chi connectivity index (χ0v) is 5.95. The Morgan fingerprint density at radius 1 is 1.78 bits per heavy atom. The fourth-order valence-corrected chi connectivity index (χ4v) is 0.868. The van der Waals surface area contributed by atoms with Crippen LogP contribution in [0.4, 0.5) is 0 Å². The van der Waals surface area contributed by atoms with E-state index in [0.717, 1.165) is 18.4 Å². The first kappa shape index (κ1) is 8.55. The summed E-state index contributed by atoms with van der Waals surface area (Å²) < 4.78 is 0. The number of nitrogens with two attached hydrogens (primary N) is 1. The van der Waals surface area contributed by atoms with E-state index in [1.165, 1.54) is 0 Å². The molecule has 9 heavy (non-hydrogen) atoms. The van der Waals surface area contributed by atoms with Crippen LogP contribution in [0.25, 0.3) is 0 Å². The summed E-state index contributed by atoms with van der Waals surface area (Å²) in [4.78, 5) is 0. The molecule has 0 aliphatic heterocycles. The second kappa shape index (κ2) is 3.55. The molecule has 0 aromatic carbocycles. The van der Waals surface area contributed by atoms with E-state index < -0.39 is 0 Å². The van der Waals surface area contributed by atoms with Gasteiger partial charge >= 0.3 is 0 Å². The molecule has 0 radical (unpaired) electrons. The highest BCUT2D eigenvalue weighted by molar-refractivity contribution is 5.85. The van der Waals surface area contributed by atoms with Gasteiger partial charge < -0.3 is 5.73 Å². The first-order valence-electron chi connectivity index (χ1n) is 2.76. The van der Waals surface area contributed by atoms with Gasteiger partial charge in [-0.3, -0.25) is 0 Å². The Hall–Kier alpha value is -0.450. The van der Waals surface area contributed by atoms with Crippen LogP contribution in [0.2, 0.25) is 0 Å². The van der Waals surface area contributed by atoms with Crippen molar-refractivity contribution in [1.29, 1.82) is 0 Å². The van der Waals surface area contributed by atoms with E-state index in [2.05, 4.69) is 5.92 Å². The molecule has 1 aliphatic rings. The van der Waals surface area contributed by atoms with E-state index in [4.69, 9.17) is 12.2 Å². The predicted molar refractivity (Wildman–Crippen MR) is 41.4 cm³/mol. The summed E-state index contributed by atoms with van der Waals surface area (Å²) in [6.45, 7) is 0. The zero-order chi connectivity index (χ0) is 5.98. The summed E-state index contributed by atoms with van der Waals surface area (Å²) in [6, 6.07) is 0.223. The van der Waals surface area contributed by atoms with Crippen LogP contribution in [0.1, 0.15) is 12.8 Å². The van der Waals surface area contributed by atoms with Gasteiger partial charge in [0.1, 0.15) is 0 Å². The molecule has 2 N–H and O–H groups in total. The number of hydrogen-bond donors (Lipinski definition) is 1. The molecule has 1 nitrogen and oxygen atoms in total. The number of terminal acetylenes is 1. The predicted octanol–water partition coefficient (Wildman–Crippen LogP) is 1.09. The van der Waals surface area contributed by atoms with Crippen molar-refractivity contribution in [3.63, 3.8) is 0 Å². The van der Waals surface area contributed by atoms with Gasteiger partial charge in [0.15, 0.2) is 0 Å². The van der Waals surface area contributed by atoms with Crippen molar-refractivity contribution in [3.05, 3.63) is 11.6 Å². The lowest BCUT2D eigenvalue weighted by Gasteiger charge is -1.90. The summed E-state index contributed by atoms with van der Waals surface area (Å²) in [5.74, 6) is 2.58. The molecule has 1 aliphatic carbocycles. The Morgan fingerprint density at radius 2 is 2.44 bits per heavy atom. The zero-order valence-electron chi connectivity index (χ0n) is 5.13. The number of hydrogen-bond acceptors (Lipinski definition) is 1. The molecule has 50 valence electrons. The Bertz CT molecular complexity index is 155. The summed E-state index contributed by atoms with van der Waals surface area (Å²) in [5, 5.41) is 0. The largest absolute Gasteiger partial charge is 0.324 e. The summed E-state index contributed by atoms with van der Waals surface area (Å²) in [7, 11) is 0. The normalized spacial score (nSPS) is 24.0. The van der Waals surface area contributed by atoms with Crippen LogP contribution in [0.5, 0.6) is 0 Å².